The third-order valence-corrected chi connectivity index (χ3v) is 6.01. The Morgan fingerprint density at radius 1 is 1.24 bits per heavy atom. The number of hydrogen-bond acceptors (Lipinski definition) is 4. The number of nitrogens with zero attached hydrogens (tertiary/aromatic N) is 1. The van der Waals surface area contributed by atoms with Crippen LogP contribution in [0.5, 0.6) is 5.75 Å². The number of pyridine rings is 1. The molecule has 0 amide bonds. The third kappa shape index (κ3) is 5.42. The number of halogens is 2. The first-order valence-corrected chi connectivity index (χ1v) is 11.7. The molecule has 8 heteroatoms. The van der Waals surface area contributed by atoms with Gasteiger partial charge in [-0.1, -0.05) is 43.5 Å². The van der Waals surface area contributed by atoms with E-state index in [0.29, 0.717) is 28.8 Å². The molecule has 0 fully saturated rings. The van der Waals surface area contributed by atoms with Crippen molar-refractivity contribution in [3.8, 4) is 5.75 Å². The van der Waals surface area contributed by atoms with E-state index in [4.69, 9.17) is 16.3 Å². The molecule has 1 atom stereocenters. The first-order chi connectivity index (χ1) is 16.2. The van der Waals surface area contributed by atoms with E-state index in [1.807, 2.05) is 20.8 Å². The van der Waals surface area contributed by atoms with Gasteiger partial charge in [-0.15, -0.1) is 0 Å². The van der Waals surface area contributed by atoms with Crippen molar-refractivity contribution in [2.45, 2.75) is 58.6 Å². The highest BCUT2D eigenvalue weighted by atomic mass is 35.5. The summed E-state index contributed by atoms with van der Waals surface area (Å²) in [6, 6.07) is 7.52. The van der Waals surface area contributed by atoms with Gasteiger partial charge in [-0.3, -0.25) is 4.79 Å². The Bertz CT molecular complexity index is 1250. The third-order valence-electron chi connectivity index (χ3n) is 5.72. The number of rotatable bonds is 10. The van der Waals surface area contributed by atoms with Crippen molar-refractivity contribution in [1.82, 2.24) is 4.57 Å². The van der Waals surface area contributed by atoms with E-state index in [2.05, 4.69) is 0 Å². The summed E-state index contributed by atoms with van der Waals surface area (Å²) in [5.74, 6) is -1.46. The van der Waals surface area contributed by atoms with Crippen LogP contribution in [0.4, 0.5) is 4.39 Å². The van der Waals surface area contributed by atoms with Gasteiger partial charge in [0.2, 0.25) is 5.43 Å². The summed E-state index contributed by atoms with van der Waals surface area (Å²) in [4.78, 5) is 25.0. The Morgan fingerprint density at radius 3 is 2.59 bits per heavy atom. The molecule has 2 N–H and O–H groups in total. The van der Waals surface area contributed by atoms with Crippen LogP contribution in [0.3, 0.4) is 0 Å². The van der Waals surface area contributed by atoms with Gasteiger partial charge in [-0.2, -0.15) is 0 Å². The van der Waals surface area contributed by atoms with Crippen molar-refractivity contribution in [3.63, 3.8) is 0 Å². The fourth-order valence-electron chi connectivity index (χ4n) is 4.03. The van der Waals surface area contributed by atoms with Crippen molar-refractivity contribution in [2.24, 2.45) is 0 Å². The van der Waals surface area contributed by atoms with Crippen LogP contribution < -0.4 is 10.2 Å². The first-order valence-electron chi connectivity index (χ1n) is 11.3. The quantitative estimate of drug-likeness (QED) is 0.387. The minimum atomic E-state index is -1.35. The summed E-state index contributed by atoms with van der Waals surface area (Å²) >= 11 is 5.94. The minimum Gasteiger partial charge on any atom is -0.491 e. The number of carbonyl (C=O) groups is 1. The number of aromatic nitrogens is 1. The predicted molar refractivity (Wildman–Crippen MR) is 131 cm³/mol. The monoisotopic (exact) mass is 489 g/mol. The van der Waals surface area contributed by atoms with Crippen LogP contribution in [0.2, 0.25) is 5.02 Å². The van der Waals surface area contributed by atoms with E-state index in [-0.39, 0.29) is 35.1 Å². The van der Waals surface area contributed by atoms with Crippen molar-refractivity contribution in [2.75, 3.05) is 6.61 Å². The molecule has 0 aliphatic rings. The van der Waals surface area contributed by atoms with Crippen molar-refractivity contribution < 1.29 is 24.1 Å². The number of hydrogen-bond donors (Lipinski definition) is 2. The predicted octanol–water partition coefficient (Wildman–Crippen LogP) is 5.59. The molecule has 3 rings (SSSR count). The van der Waals surface area contributed by atoms with Gasteiger partial charge < -0.3 is 19.5 Å². The van der Waals surface area contributed by atoms with E-state index in [9.17, 15) is 24.2 Å². The Hall–Kier alpha value is -2.90. The van der Waals surface area contributed by atoms with Crippen LogP contribution >= 0.6 is 11.6 Å². The normalized spacial score (nSPS) is 12.3. The SMILES string of the molecule is CCCC[C@@H](CO)n1cc(C(=O)O)c(=O)c2cc(Cc3cccc(Cl)c3F)c(OC(C)C)cc21. The summed E-state index contributed by atoms with van der Waals surface area (Å²) in [6.45, 7) is 5.52. The fraction of sp³-hybridized carbons (Fsp3) is 0.385. The second-order valence-electron chi connectivity index (χ2n) is 8.60. The molecule has 1 heterocycles. The van der Waals surface area contributed by atoms with Gasteiger partial charge in [0, 0.05) is 24.1 Å². The Kier molecular flexibility index (Phi) is 8.33. The molecule has 3 aromatic rings. The van der Waals surface area contributed by atoms with E-state index in [1.54, 1.807) is 28.8 Å². The number of aromatic carboxylic acids is 1. The van der Waals surface area contributed by atoms with Crippen LogP contribution in [-0.2, 0) is 6.42 Å². The molecule has 0 aliphatic carbocycles. The topological polar surface area (TPSA) is 88.8 Å². The molecular formula is C26H29ClFNO5. The number of benzene rings is 2. The van der Waals surface area contributed by atoms with Crippen LogP contribution in [0.1, 0.15) is 67.6 Å². The molecule has 182 valence electrons. The highest BCUT2D eigenvalue weighted by molar-refractivity contribution is 6.30. The molecule has 0 saturated heterocycles. The van der Waals surface area contributed by atoms with Crippen LogP contribution in [-0.4, -0.2) is 33.5 Å². The van der Waals surface area contributed by atoms with Crippen LogP contribution in [0.25, 0.3) is 10.9 Å². The second kappa shape index (κ2) is 11.0. The molecule has 0 saturated carbocycles. The fourth-order valence-corrected chi connectivity index (χ4v) is 4.22. The lowest BCUT2D eigenvalue weighted by Crippen LogP contribution is -2.23. The van der Waals surface area contributed by atoms with Gasteiger partial charge in [-0.05, 0) is 43.5 Å². The summed E-state index contributed by atoms with van der Waals surface area (Å²) < 4.78 is 22.3. The van der Waals surface area contributed by atoms with Gasteiger partial charge in [-0.25, -0.2) is 9.18 Å². The smallest absolute Gasteiger partial charge is 0.341 e. The van der Waals surface area contributed by atoms with Crippen LogP contribution in [0.15, 0.2) is 41.3 Å². The number of aliphatic hydroxyl groups is 1. The zero-order valence-electron chi connectivity index (χ0n) is 19.5. The Labute approximate surface area is 202 Å². The van der Waals surface area contributed by atoms with Crippen molar-refractivity contribution >= 4 is 28.5 Å². The van der Waals surface area contributed by atoms with Crippen molar-refractivity contribution in [3.05, 3.63) is 74.3 Å². The maximum atomic E-state index is 14.6. The maximum absolute atomic E-state index is 14.6. The number of unbranched alkanes of at least 4 members (excludes halogenated alkanes) is 1. The molecule has 6 nitrogen and oxygen atoms in total. The highest BCUT2D eigenvalue weighted by Gasteiger charge is 2.22. The van der Waals surface area contributed by atoms with Gasteiger partial charge >= 0.3 is 5.97 Å². The zero-order chi connectivity index (χ0) is 25.0. The number of fused-ring (bicyclic) bond motifs is 1. The average Bonchev–Trinajstić information content (AvgIpc) is 2.78. The second-order valence-corrected chi connectivity index (χ2v) is 9.00. The van der Waals surface area contributed by atoms with E-state index in [1.165, 1.54) is 12.3 Å². The first kappa shape index (κ1) is 25.7. The molecule has 0 unspecified atom stereocenters. The molecule has 34 heavy (non-hydrogen) atoms. The highest BCUT2D eigenvalue weighted by Crippen LogP contribution is 2.32. The molecule has 2 aromatic carbocycles. The zero-order valence-corrected chi connectivity index (χ0v) is 20.2. The number of carboxylic acids is 1. The largest absolute Gasteiger partial charge is 0.491 e. The van der Waals surface area contributed by atoms with Gasteiger partial charge in [0.15, 0.2) is 0 Å². The lowest BCUT2D eigenvalue weighted by Gasteiger charge is -2.23. The van der Waals surface area contributed by atoms with Crippen LogP contribution in [0, 0.1) is 5.82 Å². The van der Waals surface area contributed by atoms with Gasteiger partial charge in [0.05, 0.1) is 29.3 Å². The molecular weight excluding hydrogens is 461 g/mol. The summed E-state index contributed by atoms with van der Waals surface area (Å²) in [5.41, 5.74) is 0.278. The summed E-state index contributed by atoms with van der Waals surface area (Å²) in [7, 11) is 0. The number of aliphatic hydroxyl groups excluding tert-OH is 1. The standard InChI is InChI=1S/C26H29ClFNO5/c1-4-5-8-18(14-30)29-13-20(26(32)33)25(31)19-11-17(23(12-22(19)29)34-15(2)3)10-16-7-6-9-21(27)24(16)28/h6-7,9,11-13,15,18,30H,4-5,8,10,14H2,1-3H3,(H,32,33)/t18-/m0/s1. The number of ether oxygens (including phenoxy) is 1. The molecule has 0 aliphatic heterocycles. The van der Waals surface area contributed by atoms with Gasteiger partial charge in [0.25, 0.3) is 0 Å². The lowest BCUT2D eigenvalue weighted by molar-refractivity contribution is 0.0694. The maximum Gasteiger partial charge on any atom is 0.341 e. The molecule has 0 radical (unpaired) electrons. The lowest BCUT2D eigenvalue weighted by atomic mass is 9.99. The van der Waals surface area contributed by atoms with Crippen molar-refractivity contribution in [1.29, 1.82) is 0 Å². The van der Waals surface area contributed by atoms with E-state index < -0.39 is 23.3 Å². The summed E-state index contributed by atoms with van der Waals surface area (Å²) in [6.07, 6.45) is 3.52. The molecule has 0 spiro atoms. The summed E-state index contributed by atoms with van der Waals surface area (Å²) in [5, 5.41) is 19.9. The molecule has 1 aromatic heterocycles. The molecule has 0 bridgehead atoms. The minimum absolute atomic E-state index is 0.0122. The Balaban J connectivity index is 2.31. The van der Waals surface area contributed by atoms with E-state index >= 15 is 0 Å². The number of carboxylic acid groups (broad SMARTS) is 1. The van der Waals surface area contributed by atoms with Gasteiger partial charge in [0.1, 0.15) is 17.1 Å². The van der Waals surface area contributed by atoms with E-state index in [0.717, 1.165) is 12.8 Å². The Morgan fingerprint density at radius 2 is 1.97 bits per heavy atom. The average molecular weight is 490 g/mol.